The maximum Gasteiger partial charge on any atom is 0.415 e. The summed E-state index contributed by atoms with van der Waals surface area (Å²) in [5.74, 6) is -0.334. The summed E-state index contributed by atoms with van der Waals surface area (Å²) in [7, 11) is 1.47. The summed E-state index contributed by atoms with van der Waals surface area (Å²) >= 11 is 0. The van der Waals surface area contributed by atoms with Crippen LogP contribution in [0.5, 0.6) is 5.75 Å². The first-order valence-electron chi connectivity index (χ1n) is 16.2. The zero-order valence-electron chi connectivity index (χ0n) is 26.3. The number of oxime groups is 1. The molecule has 4 aliphatic heterocycles. The molecule has 46 heavy (non-hydrogen) atoms. The number of carbonyl (C=O) groups excluding carboxylic acids is 2. The zero-order chi connectivity index (χ0) is 32.0. The van der Waals surface area contributed by atoms with Crippen LogP contribution in [-0.2, 0) is 39.5 Å². The Morgan fingerprint density at radius 2 is 1.93 bits per heavy atom. The second kappa shape index (κ2) is 12.1. The third kappa shape index (κ3) is 5.13. The Kier molecular flexibility index (Phi) is 8.02. The lowest BCUT2D eigenvalue weighted by Crippen LogP contribution is -2.48. The molecule has 0 spiro atoms. The minimum atomic E-state index is -1.89. The number of aliphatic hydroxyl groups is 1. The van der Waals surface area contributed by atoms with Crippen LogP contribution >= 0.6 is 0 Å². The number of ether oxygens (including phenoxy) is 2. The van der Waals surface area contributed by atoms with Crippen LogP contribution in [0.2, 0.25) is 0 Å². The van der Waals surface area contributed by atoms with E-state index >= 15 is 0 Å². The Morgan fingerprint density at radius 3 is 2.67 bits per heavy atom. The number of carbonyl (C=O) groups is 2. The summed E-state index contributed by atoms with van der Waals surface area (Å²) in [5, 5.41) is 15.9. The summed E-state index contributed by atoms with van der Waals surface area (Å²) in [6, 6.07) is 7.73. The molecule has 1 atom stereocenters. The summed E-state index contributed by atoms with van der Waals surface area (Å²) in [6.45, 7) is 5.36. The standard InChI is InChI=1S/C34H39N5O7/c1-3-34(43)26-18-28-30-21(19-39(28)31(40)25(26)20-45-32(34)41)17-24-23(9-12-35-44-2)29(8-7-27(24)36-30)46-33(42)38-15-10-22(11-16-38)37-13-5-4-6-14-37/h7-8,12,17-18,22,43H,3-6,9-11,13-16,19-20H2,1-2H3/t34-/m0/s1. The molecule has 2 aromatic heterocycles. The van der Waals surface area contributed by atoms with Crippen LogP contribution in [0.4, 0.5) is 4.79 Å². The fraction of sp³-hybridized carbons (Fsp3) is 0.500. The van der Waals surface area contributed by atoms with Crippen LogP contribution in [0.15, 0.2) is 34.2 Å². The lowest BCUT2D eigenvalue weighted by atomic mass is 9.86. The van der Waals surface area contributed by atoms with Crippen molar-refractivity contribution in [3.8, 4) is 17.1 Å². The molecule has 0 saturated carbocycles. The van der Waals surface area contributed by atoms with Gasteiger partial charge in [-0.05, 0) is 69.5 Å². The predicted octanol–water partition coefficient (Wildman–Crippen LogP) is 3.70. The molecule has 1 aromatic carbocycles. The molecule has 0 aliphatic carbocycles. The van der Waals surface area contributed by atoms with E-state index in [0.29, 0.717) is 48.2 Å². The number of esters is 1. The Hall–Kier alpha value is -4.29. The van der Waals surface area contributed by atoms with Gasteiger partial charge in [0.25, 0.3) is 5.56 Å². The molecule has 4 aliphatic rings. The SMILES string of the molecule is CC[C@@]1(O)C(=O)OCc2c1cc1n(c2=O)Cc2cc3c(CC=NOC)c(OC(=O)N4CCC(N5CCCCC5)CC4)ccc3nc2-1. The molecular weight excluding hydrogens is 590 g/mol. The summed E-state index contributed by atoms with van der Waals surface area (Å²) in [6.07, 6.45) is 7.32. The van der Waals surface area contributed by atoms with Gasteiger partial charge in [-0.25, -0.2) is 14.6 Å². The molecule has 3 aromatic rings. The minimum Gasteiger partial charge on any atom is -0.458 e. The molecule has 242 valence electrons. The smallest absolute Gasteiger partial charge is 0.415 e. The summed E-state index contributed by atoms with van der Waals surface area (Å²) in [4.78, 5) is 53.7. The third-order valence-electron chi connectivity index (χ3n) is 10.1. The van der Waals surface area contributed by atoms with Gasteiger partial charge in [-0.3, -0.25) is 4.79 Å². The number of amides is 1. The molecule has 0 radical (unpaired) electrons. The van der Waals surface area contributed by atoms with Crippen molar-refractivity contribution in [2.24, 2.45) is 5.16 Å². The maximum absolute atomic E-state index is 13.6. The van der Waals surface area contributed by atoms with Crippen molar-refractivity contribution in [3.05, 3.63) is 56.9 Å². The molecule has 1 amide bonds. The number of benzene rings is 1. The highest BCUT2D eigenvalue weighted by molar-refractivity contribution is 5.91. The molecule has 1 N–H and O–H groups in total. The van der Waals surface area contributed by atoms with E-state index in [-0.39, 0.29) is 42.4 Å². The number of likely N-dealkylation sites (tertiary alicyclic amines) is 2. The quantitative estimate of drug-likeness (QED) is 0.192. The summed E-state index contributed by atoms with van der Waals surface area (Å²) in [5.41, 5.74) is 1.64. The van der Waals surface area contributed by atoms with E-state index in [1.54, 1.807) is 40.8 Å². The monoisotopic (exact) mass is 629 g/mol. The second-order valence-electron chi connectivity index (χ2n) is 12.6. The van der Waals surface area contributed by atoms with Gasteiger partial charge < -0.3 is 33.8 Å². The molecule has 12 nitrogen and oxygen atoms in total. The first-order valence-corrected chi connectivity index (χ1v) is 16.2. The first kappa shape index (κ1) is 30.4. The number of fused-ring (bicyclic) bond motifs is 5. The van der Waals surface area contributed by atoms with Gasteiger partial charge in [0.1, 0.15) is 19.5 Å². The van der Waals surface area contributed by atoms with Crippen molar-refractivity contribution in [2.45, 2.75) is 76.7 Å². The van der Waals surface area contributed by atoms with Crippen LogP contribution in [0.1, 0.15) is 67.7 Å². The molecule has 2 fully saturated rings. The number of hydrogen-bond donors (Lipinski definition) is 1. The van der Waals surface area contributed by atoms with Crippen molar-refractivity contribution in [1.82, 2.24) is 19.4 Å². The number of hydrogen-bond acceptors (Lipinski definition) is 10. The average molecular weight is 630 g/mol. The molecule has 2 saturated heterocycles. The van der Waals surface area contributed by atoms with Gasteiger partial charge in [0, 0.05) is 53.8 Å². The first-order chi connectivity index (χ1) is 22.3. The number of rotatable bonds is 6. The topological polar surface area (TPSA) is 136 Å². The average Bonchev–Trinajstić information content (AvgIpc) is 3.45. The Labute approximate surface area is 266 Å². The van der Waals surface area contributed by atoms with Gasteiger partial charge in [-0.1, -0.05) is 18.5 Å². The number of aromatic nitrogens is 2. The van der Waals surface area contributed by atoms with Crippen molar-refractivity contribution < 1.29 is 29.0 Å². The fourth-order valence-electron chi connectivity index (χ4n) is 7.46. The van der Waals surface area contributed by atoms with Crippen molar-refractivity contribution in [2.75, 3.05) is 33.3 Å². The van der Waals surface area contributed by atoms with E-state index in [2.05, 4.69) is 10.1 Å². The second-order valence-corrected chi connectivity index (χ2v) is 12.6. The van der Waals surface area contributed by atoms with Crippen LogP contribution in [0, 0.1) is 0 Å². The normalized spacial score (nSPS) is 21.6. The number of pyridine rings is 2. The number of piperidine rings is 2. The lowest BCUT2D eigenvalue weighted by molar-refractivity contribution is -0.172. The molecule has 0 unspecified atom stereocenters. The highest BCUT2D eigenvalue weighted by Crippen LogP contribution is 2.40. The van der Waals surface area contributed by atoms with Gasteiger partial charge in [0.15, 0.2) is 5.60 Å². The van der Waals surface area contributed by atoms with E-state index in [1.807, 2.05) is 6.07 Å². The van der Waals surface area contributed by atoms with Gasteiger partial charge in [-0.15, -0.1) is 0 Å². The molecule has 0 bridgehead atoms. The number of nitrogens with zero attached hydrogens (tertiary/aromatic N) is 5. The fourth-order valence-corrected chi connectivity index (χ4v) is 7.46. The van der Waals surface area contributed by atoms with E-state index < -0.39 is 11.6 Å². The van der Waals surface area contributed by atoms with Crippen molar-refractivity contribution in [3.63, 3.8) is 0 Å². The Balaban J connectivity index is 1.20. The van der Waals surface area contributed by atoms with Gasteiger partial charge in [-0.2, -0.15) is 0 Å². The van der Waals surface area contributed by atoms with Gasteiger partial charge in [0.2, 0.25) is 0 Å². The predicted molar refractivity (Wildman–Crippen MR) is 170 cm³/mol. The Morgan fingerprint density at radius 1 is 1.15 bits per heavy atom. The largest absolute Gasteiger partial charge is 0.458 e. The van der Waals surface area contributed by atoms with Gasteiger partial charge in [0.05, 0.1) is 29.0 Å². The minimum absolute atomic E-state index is 0.0735. The van der Waals surface area contributed by atoms with Crippen LogP contribution < -0.4 is 10.3 Å². The maximum atomic E-state index is 13.6. The van der Waals surface area contributed by atoms with Gasteiger partial charge >= 0.3 is 12.1 Å². The van der Waals surface area contributed by atoms with Crippen LogP contribution in [0.25, 0.3) is 22.3 Å². The van der Waals surface area contributed by atoms with Crippen LogP contribution in [-0.4, -0.2) is 82.1 Å². The summed E-state index contributed by atoms with van der Waals surface area (Å²) < 4.78 is 12.8. The highest BCUT2D eigenvalue weighted by atomic mass is 16.6. The van der Waals surface area contributed by atoms with E-state index in [0.717, 1.165) is 42.4 Å². The van der Waals surface area contributed by atoms with E-state index in [1.165, 1.54) is 26.4 Å². The lowest BCUT2D eigenvalue weighted by Gasteiger charge is -2.39. The zero-order valence-corrected chi connectivity index (χ0v) is 26.3. The molecule has 12 heteroatoms. The van der Waals surface area contributed by atoms with Crippen molar-refractivity contribution in [1.29, 1.82) is 0 Å². The van der Waals surface area contributed by atoms with Crippen LogP contribution in [0.3, 0.4) is 0 Å². The van der Waals surface area contributed by atoms with E-state index in [4.69, 9.17) is 19.3 Å². The Bertz CT molecular complexity index is 1790. The van der Waals surface area contributed by atoms with E-state index in [9.17, 15) is 19.5 Å². The molecule has 6 heterocycles. The molecule has 7 rings (SSSR count). The number of cyclic esters (lactones) is 1. The van der Waals surface area contributed by atoms with Crippen molar-refractivity contribution >= 4 is 29.2 Å². The third-order valence-corrected chi connectivity index (χ3v) is 10.1. The molecular formula is C34H39N5O7. The highest BCUT2D eigenvalue weighted by Gasteiger charge is 2.45.